The fourth-order valence-corrected chi connectivity index (χ4v) is 2.05. The van der Waals surface area contributed by atoms with Gasteiger partial charge in [0.15, 0.2) is 5.43 Å². The first kappa shape index (κ1) is 13.3. The molecule has 0 bridgehead atoms. The lowest BCUT2D eigenvalue weighted by molar-refractivity contribution is 0.0684. The summed E-state index contributed by atoms with van der Waals surface area (Å²) in [7, 11) is 3.84. The summed E-state index contributed by atoms with van der Waals surface area (Å²) in [5.41, 5.74) is 0.439. The predicted octanol–water partition coefficient (Wildman–Crippen LogP) is 1.26. The molecule has 0 unspecified atom stereocenters. The van der Waals surface area contributed by atoms with Crippen LogP contribution in [0.2, 0.25) is 0 Å². The average Bonchev–Trinajstić information content (AvgIpc) is 2.37. The third-order valence-electron chi connectivity index (χ3n) is 3.01. The van der Waals surface area contributed by atoms with Crippen LogP contribution in [0.4, 0.5) is 0 Å². The third-order valence-corrected chi connectivity index (χ3v) is 3.01. The van der Waals surface area contributed by atoms with Gasteiger partial charge in [-0.2, -0.15) is 0 Å². The molecule has 0 fully saturated rings. The maximum Gasteiger partial charge on any atom is 0.352 e. The van der Waals surface area contributed by atoms with Gasteiger partial charge < -0.3 is 14.6 Å². The molecule has 2 aromatic rings. The van der Waals surface area contributed by atoms with Crippen molar-refractivity contribution in [2.75, 3.05) is 20.6 Å². The number of rotatable bonds is 4. The van der Waals surface area contributed by atoms with Crippen LogP contribution in [0.1, 0.15) is 10.5 Å². The van der Waals surface area contributed by atoms with Gasteiger partial charge in [0.05, 0.1) is 5.52 Å². The number of carbonyl (C=O) groups is 1. The van der Waals surface area contributed by atoms with E-state index in [0.29, 0.717) is 24.0 Å². The number of hydrogen-bond acceptors (Lipinski definition) is 3. The second-order valence-electron chi connectivity index (χ2n) is 4.67. The van der Waals surface area contributed by atoms with Gasteiger partial charge in [0.1, 0.15) is 5.69 Å². The Morgan fingerprint density at radius 2 is 2.00 bits per heavy atom. The number of carboxylic acids is 1. The topological polar surface area (TPSA) is 62.5 Å². The summed E-state index contributed by atoms with van der Waals surface area (Å²) < 4.78 is 1.68. The van der Waals surface area contributed by atoms with E-state index in [1.165, 1.54) is 6.07 Å². The second-order valence-corrected chi connectivity index (χ2v) is 4.67. The minimum Gasteiger partial charge on any atom is -0.477 e. The highest BCUT2D eigenvalue weighted by molar-refractivity contribution is 5.90. The summed E-state index contributed by atoms with van der Waals surface area (Å²) >= 11 is 0. The van der Waals surface area contributed by atoms with Gasteiger partial charge in [-0.1, -0.05) is 12.1 Å². The Hall–Kier alpha value is -2.14. The van der Waals surface area contributed by atoms with Crippen LogP contribution in [0.3, 0.4) is 0 Å². The molecular weight excluding hydrogens is 244 g/mol. The molecule has 1 N–H and O–H groups in total. The van der Waals surface area contributed by atoms with Crippen LogP contribution in [0.5, 0.6) is 0 Å². The quantitative estimate of drug-likeness (QED) is 0.899. The third kappa shape index (κ3) is 2.66. The first-order valence-electron chi connectivity index (χ1n) is 6.01. The number of fused-ring (bicyclic) bond motifs is 1. The maximum absolute atomic E-state index is 11.9. The van der Waals surface area contributed by atoms with Crippen molar-refractivity contribution in [2.45, 2.75) is 6.54 Å². The van der Waals surface area contributed by atoms with Crippen LogP contribution in [-0.4, -0.2) is 41.2 Å². The molecule has 0 saturated heterocycles. The van der Waals surface area contributed by atoms with Crippen molar-refractivity contribution in [1.82, 2.24) is 9.47 Å². The van der Waals surface area contributed by atoms with E-state index in [4.69, 9.17) is 0 Å². The highest BCUT2D eigenvalue weighted by atomic mass is 16.4. The Morgan fingerprint density at radius 3 is 2.63 bits per heavy atom. The number of hydrogen-bond donors (Lipinski definition) is 1. The smallest absolute Gasteiger partial charge is 0.352 e. The van der Waals surface area contributed by atoms with Crippen LogP contribution < -0.4 is 5.43 Å². The van der Waals surface area contributed by atoms with Crippen molar-refractivity contribution >= 4 is 16.9 Å². The molecule has 0 saturated carbocycles. The van der Waals surface area contributed by atoms with Crippen molar-refractivity contribution in [2.24, 2.45) is 0 Å². The van der Waals surface area contributed by atoms with E-state index < -0.39 is 5.97 Å². The Kier molecular flexibility index (Phi) is 3.66. The van der Waals surface area contributed by atoms with Crippen LogP contribution in [0.25, 0.3) is 10.9 Å². The standard InChI is InChI=1S/C14H16N2O3/c1-15(2)7-8-16-11-6-4-3-5-10(11)13(17)9-12(16)14(18)19/h3-6,9H,7-8H2,1-2H3,(H,18,19). The molecular formula is C14H16N2O3. The fraction of sp³-hybridized carbons (Fsp3) is 0.286. The van der Waals surface area contributed by atoms with Crippen molar-refractivity contribution < 1.29 is 9.90 Å². The molecule has 1 heterocycles. The lowest BCUT2D eigenvalue weighted by Crippen LogP contribution is -2.24. The Balaban J connectivity index is 2.68. The van der Waals surface area contributed by atoms with E-state index >= 15 is 0 Å². The fourth-order valence-electron chi connectivity index (χ4n) is 2.05. The van der Waals surface area contributed by atoms with E-state index in [0.717, 1.165) is 0 Å². The number of nitrogens with zero attached hydrogens (tertiary/aromatic N) is 2. The van der Waals surface area contributed by atoms with Gasteiger partial charge in [-0.15, -0.1) is 0 Å². The molecule has 0 aliphatic heterocycles. The van der Waals surface area contributed by atoms with Gasteiger partial charge in [0.2, 0.25) is 0 Å². The predicted molar refractivity (Wildman–Crippen MR) is 73.7 cm³/mol. The van der Waals surface area contributed by atoms with E-state index in [1.807, 2.05) is 19.0 Å². The summed E-state index contributed by atoms with van der Waals surface area (Å²) in [6.07, 6.45) is 0. The van der Waals surface area contributed by atoms with E-state index in [1.54, 1.807) is 28.8 Å². The highest BCUT2D eigenvalue weighted by Crippen LogP contribution is 2.13. The number of aromatic nitrogens is 1. The van der Waals surface area contributed by atoms with Gasteiger partial charge in [-0.05, 0) is 26.2 Å². The number of pyridine rings is 1. The summed E-state index contributed by atoms with van der Waals surface area (Å²) in [5, 5.41) is 9.79. The zero-order valence-electron chi connectivity index (χ0n) is 11.0. The van der Waals surface area contributed by atoms with Crippen molar-refractivity contribution in [3.8, 4) is 0 Å². The van der Waals surface area contributed by atoms with E-state index in [9.17, 15) is 14.7 Å². The van der Waals surface area contributed by atoms with Crippen molar-refractivity contribution in [3.63, 3.8) is 0 Å². The molecule has 5 heteroatoms. The molecule has 5 nitrogen and oxygen atoms in total. The van der Waals surface area contributed by atoms with Crippen LogP contribution in [0, 0.1) is 0 Å². The minimum atomic E-state index is -1.08. The Labute approximate surface area is 110 Å². The molecule has 0 atom stereocenters. The summed E-state index contributed by atoms with van der Waals surface area (Å²) in [5.74, 6) is -1.08. The Morgan fingerprint density at radius 1 is 1.32 bits per heavy atom. The Bertz CT molecular complexity index is 674. The number of likely N-dealkylation sites (N-methyl/N-ethyl adjacent to an activating group) is 1. The van der Waals surface area contributed by atoms with Gasteiger partial charge in [-0.3, -0.25) is 4.79 Å². The first-order chi connectivity index (χ1) is 9.00. The van der Waals surface area contributed by atoms with Crippen LogP contribution >= 0.6 is 0 Å². The molecule has 1 aromatic heterocycles. The maximum atomic E-state index is 11.9. The first-order valence-corrected chi connectivity index (χ1v) is 6.01. The molecule has 0 aliphatic carbocycles. The van der Waals surface area contributed by atoms with Gasteiger partial charge >= 0.3 is 5.97 Å². The number of carboxylic acid groups (broad SMARTS) is 1. The average molecular weight is 260 g/mol. The monoisotopic (exact) mass is 260 g/mol. The normalized spacial score (nSPS) is 11.1. The molecule has 0 radical (unpaired) electrons. The van der Waals surface area contributed by atoms with Crippen LogP contribution in [0.15, 0.2) is 35.1 Å². The molecule has 1 aromatic carbocycles. The van der Waals surface area contributed by atoms with Gasteiger partial charge in [0, 0.05) is 24.5 Å². The van der Waals surface area contributed by atoms with Crippen LogP contribution in [-0.2, 0) is 6.54 Å². The number of benzene rings is 1. The zero-order valence-corrected chi connectivity index (χ0v) is 11.0. The molecule has 2 rings (SSSR count). The van der Waals surface area contributed by atoms with E-state index in [2.05, 4.69) is 0 Å². The SMILES string of the molecule is CN(C)CCn1c(C(=O)O)cc(=O)c2ccccc21. The molecule has 100 valence electrons. The second kappa shape index (κ2) is 5.24. The minimum absolute atomic E-state index is 0.0329. The summed E-state index contributed by atoms with van der Waals surface area (Å²) in [6.45, 7) is 1.22. The summed E-state index contributed by atoms with van der Waals surface area (Å²) in [4.78, 5) is 25.2. The lowest BCUT2D eigenvalue weighted by atomic mass is 10.1. The van der Waals surface area contributed by atoms with Crippen molar-refractivity contribution in [1.29, 1.82) is 0 Å². The zero-order chi connectivity index (χ0) is 14.0. The lowest BCUT2D eigenvalue weighted by Gasteiger charge is -2.17. The largest absolute Gasteiger partial charge is 0.477 e. The summed E-state index contributed by atoms with van der Waals surface area (Å²) in [6, 6.07) is 8.27. The highest BCUT2D eigenvalue weighted by Gasteiger charge is 2.14. The van der Waals surface area contributed by atoms with Crippen molar-refractivity contribution in [3.05, 3.63) is 46.2 Å². The van der Waals surface area contributed by atoms with E-state index in [-0.39, 0.29) is 11.1 Å². The molecule has 19 heavy (non-hydrogen) atoms. The van der Waals surface area contributed by atoms with Gasteiger partial charge in [0.25, 0.3) is 0 Å². The molecule has 0 spiro atoms. The van der Waals surface area contributed by atoms with Gasteiger partial charge in [-0.25, -0.2) is 4.79 Å². The molecule has 0 aliphatic rings. The number of para-hydroxylation sites is 1. The molecule has 0 amide bonds. The number of aromatic carboxylic acids is 1.